The van der Waals surface area contributed by atoms with Crippen molar-refractivity contribution in [3.05, 3.63) is 16.3 Å². The molecule has 19 heavy (non-hydrogen) atoms. The molecule has 0 aliphatic heterocycles. The zero-order valence-corrected chi connectivity index (χ0v) is 14.3. The van der Waals surface area contributed by atoms with Crippen molar-refractivity contribution >= 4 is 33.0 Å². The number of hydrogen-bond donors (Lipinski definition) is 0. The fourth-order valence-electron chi connectivity index (χ4n) is 1.80. The van der Waals surface area contributed by atoms with Gasteiger partial charge in [0.1, 0.15) is 0 Å². The Morgan fingerprint density at radius 1 is 1.21 bits per heavy atom. The van der Waals surface area contributed by atoms with Crippen LogP contribution >= 0.6 is 22.9 Å². The van der Waals surface area contributed by atoms with Gasteiger partial charge in [-0.05, 0) is 17.9 Å². The quantitative estimate of drug-likeness (QED) is 0.716. The first kappa shape index (κ1) is 17.0. The number of nitrogens with zero attached hydrogens (tertiary/aromatic N) is 1. The van der Waals surface area contributed by atoms with E-state index in [-0.39, 0.29) is 0 Å². The molecule has 0 aromatic carbocycles. The largest absolute Gasteiger partial charge is 0.243 e. The van der Waals surface area contributed by atoms with E-state index in [1.807, 2.05) is 27.7 Å². The van der Waals surface area contributed by atoms with Crippen LogP contribution in [0.15, 0.2) is 16.3 Å². The van der Waals surface area contributed by atoms with Gasteiger partial charge in [0.2, 0.25) is 10.0 Å². The van der Waals surface area contributed by atoms with Crippen LogP contribution in [0.1, 0.15) is 32.6 Å². The molecular formula is C13H22ClNO2S2. The van der Waals surface area contributed by atoms with E-state index in [9.17, 15) is 8.42 Å². The smallest absolute Gasteiger partial charge is 0.207 e. The van der Waals surface area contributed by atoms with Gasteiger partial charge in [-0.15, -0.1) is 22.9 Å². The minimum atomic E-state index is -3.40. The van der Waals surface area contributed by atoms with Crippen LogP contribution in [0, 0.1) is 11.8 Å². The highest BCUT2D eigenvalue weighted by atomic mass is 35.5. The topological polar surface area (TPSA) is 37.4 Å². The van der Waals surface area contributed by atoms with Crippen molar-refractivity contribution in [2.24, 2.45) is 11.8 Å². The SMILES string of the molecule is CC(C)CN(CC(C)C)S(=O)(=O)c1csc(CCl)c1. The molecular weight excluding hydrogens is 302 g/mol. The molecule has 0 atom stereocenters. The Kier molecular flexibility index (Phi) is 6.30. The first-order valence-electron chi connectivity index (χ1n) is 6.41. The lowest BCUT2D eigenvalue weighted by Crippen LogP contribution is -2.36. The van der Waals surface area contributed by atoms with Crippen molar-refractivity contribution < 1.29 is 8.42 Å². The van der Waals surface area contributed by atoms with E-state index in [1.54, 1.807) is 15.8 Å². The predicted octanol–water partition coefficient (Wildman–Crippen LogP) is 3.79. The number of hydrogen-bond acceptors (Lipinski definition) is 3. The van der Waals surface area contributed by atoms with Gasteiger partial charge in [0, 0.05) is 23.3 Å². The third-order valence-corrected chi connectivity index (χ3v) is 5.88. The van der Waals surface area contributed by atoms with Crippen molar-refractivity contribution in [2.45, 2.75) is 38.5 Å². The Morgan fingerprint density at radius 3 is 2.11 bits per heavy atom. The Morgan fingerprint density at radius 2 is 1.74 bits per heavy atom. The van der Waals surface area contributed by atoms with Crippen LogP contribution in [0.2, 0.25) is 0 Å². The van der Waals surface area contributed by atoms with Crippen LogP contribution in [0.25, 0.3) is 0 Å². The third-order valence-electron chi connectivity index (χ3n) is 2.54. The molecule has 3 nitrogen and oxygen atoms in total. The summed E-state index contributed by atoms with van der Waals surface area (Å²) >= 11 is 7.13. The lowest BCUT2D eigenvalue weighted by Gasteiger charge is -2.25. The molecule has 6 heteroatoms. The molecule has 1 aromatic rings. The summed E-state index contributed by atoms with van der Waals surface area (Å²) in [5.41, 5.74) is 0. The maximum Gasteiger partial charge on any atom is 0.243 e. The Hall–Kier alpha value is -0.100. The summed E-state index contributed by atoms with van der Waals surface area (Å²) in [5, 5.41) is 1.68. The van der Waals surface area contributed by atoms with Gasteiger partial charge in [-0.2, -0.15) is 4.31 Å². The summed E-state index contributed by atoms with van der Waals surface area (Å²) in [6.45, 7) is 9.21. The van der Waals surface area contributed by atoms with E-state index >= 15 is 0 Å². The average Bonchev–Trinajstić information content (AvgIpc) is 2.75. The van der Waals surface area contributed by atoms with Gasteiger partial charge in [0.25, 0.3) is 0 Å². The molecule has 0 bridgehead atoms. The van der Waals surface area contributed by atoms with Gasteiger partial charge in [0.15, 0.2) is 0 Å². The van der Waals surface area contributed by atoms with Crippen LogP contribution in [-0.2, 0) is 15.9 Å². The summed E-state index contributed by atoms with van der Waals surface area (Å²) in [6, 6.07) is 1.68. The van der Waals surface area contributed by atoms with Crippen molar-refractivity contribution in [2.75, 3.05) is 13.1 Å². The number of sulfonamides is 1. The molecule has 0 radical (unpaired) electrons. The molecule has 1 heterocycles. The molecule has 0 fully saturated rings. The highest BCUT2D eigenvalue weighted by Gasteiger charge is 2.26. The molecule has 1 aromatic heterocycles. The standard InChI is InChI=1S/C13H22ClNO2S2/c1-10(2)7-15(8-11(3)4)19(16,17)13-5-12(6-14)18-9-13/h5,9-11H,6-8H2,1-4H3. The van der Waals surface area contributed by atoms with Crippen LogP contribution in [0.3, 0.4) is 0 Å². The van der Waals surface area contributed by atoms with Gasteiger partial charge in [-0.3, -0.25) is 0 Å². The van der Waals surface area contributed by atoms with E-state index in [0.717, 1.165) is 4.88 Å². The second-order valence-corrected chi connectivity index (χ2v) is 8.69. The van der Waals surface area contributed by atoms with Crippen molar-refractivity contribution in [1.82, 2.24) is 4.31 Å². The number of halogens is 1. The zero-order valence-electron chi connectivity index (χ0n) is 11.9. The van der Waals surface area contributed by atoms with Crippen LogP contribution in [0.5, 0.6) is 0 Å². The fourth-order valence-corrected chi connectivity index (χ4v) is 4.94. The van der Waals surface area contributed by atoms with E-state index < -0.39 is 10.0 Å². The molecule has 0 N–H and O–H groups in total. The first-order chi connectivity index (χ1) is 8.77. The molecule has 0 aliphatic rings. The normalized spacial score (nSPS) is 12.8. The molecule has 0 unspecified atom stereocenters. The summed E-state index contributed by atoms with van der Waals surface area (Å²) < 4.78 is 26.8. The third kappa shape index (κ3) is 4.74. The van der Waals surface area contributed by atoms with Crippen molar-refractivity contribution in [3.8, 4) is 0 Å². The Balaban J connectivity index is 3.03. The van der Waals surface area contributed by atoms with Gasteiger partial charge in [-0.1, -0.05) is 27.7 Å². The molecule has 1 rings (SSSR count). The molecule has 0 spiro atoms. The van der Waals surface area contributed by atoms with E-state index in [2.05, 4.69) is 0 Å². The van der Waals surface area contributed by atoms with Gasteiger partial charge < -0.3 is 0 Å². The summed E-state index contributed by atoms with van der Waals surface area (Å²) in [6.07, 6.45) is 0. The van der Waals surface area contributed by atoms with Crippen LogP contribution < -0.4 is 0 Å². The molecule has 110 valence electrons. The summed E-state index contributed by atoms with van der Waals surface area (Å²) in [4.78, 5) is 1.25. The monoisotopic (exact) mass is 323 g/mol. The van der Waals surface area contributed by atoms with Crippen LogP contribution in [0.4, 0.5) is 0 Å². The second kappa shape index (κ2) is 7.07. The predicted molar refractivity (Wildman–Crippen MR) is 82.3 cm³/mol. The molecule has 0 saturated heterocycles. The van der Waals surface area contributed by atoms with Gasteiger partial charge >= 0.3 is 0 Å². The maximum atomic E-state index is 12.6. The Bertz CT molecular complexity index is 484. The van der Waals surface area contributed by atoms with E-state index in [4.69, 9.17) is 11.6 Å². The first-order valence-corrected chi connectivity index (χ1v) is 9.26. The van der Waals surface area contributed by atoms with Crippen molar-refractivity contribution in [1.29, 1.82) is 0 Å². The number of thiophene rings is 1. The van der Waals surface area contributed by atoms with Crippen LogP contribution in [-0.4, -0.2) is 25.8 Å². The van der Waals surface area contributed by atoms with E-state index in [0.29, 0.717) is 35.7 Å². The van der Waals surface area contributed by atoms with Gasteiger partial charge in [-0.25, -0.2) is 8.42 Å². The zero-order chi connectivity index (χ0) is 14.6. The molecule has 0 saturated carbocycles. The highest BCUT2D eigenvalue weighted by molar-refractivity contribution is 7.89. The second-order valence-electron chi connectivity index (χ2n) is 5.49. The molecule has 0 amide bonds. The highest BCUT2D eigenvalue weighted by Crippen LogP contribution is 2.25. The number of alkyl halides is 1. The number of rotatable bonds is 7. The minimum Gasteiger partial charge on any atom is -0.207 e. The van der Waals surface area contributed by atoms with Gasteiger partial charge in [0.05, 0.1) is 10.8 Å². The lowest BCUT2D eigenvalue weighted by molar-refractivity contribution is 0.333. The summed E-state index contributed by atoms with van der Waals surface area (Å²) in [5.74, 6) is 0.966. The minimum absolute atomic E-state index is 0.305. The average molecular weight is 324 g/mol. The maximum absolute atomic E-state index is 12.6. The lowest BCUT2D eigenvalue weighted by atomic mass is 10.2. The summed E-state index contributed by atoms with van der Waals surface area (Å²) in [7, 11) is -3.40. The Labute approximate surface area is 125 Å². The fraction of sp³-hybridized carbons (Fsp3) is 0.692. The van der Waals surface area contributed by atoms with Crippen molar-refractivity contribution in [3.63, 3.8) is 0 Å². The molecule has 0 aliphatic carbocycles. The van der Waals surface area contributed by atoms with E-state index in [1.165, 1.54) is 11.3 Å².